The van der Waals surface area contributed by atoms with E-state index < -0.39 is 11.8 Å². The highest BCUT2D eigenvalue weighted by Crippen LogP contribution is 2.11. The van der Waals surface area contributed by atoms with Crippen molar-refractivity contribution >= 4 is 5.97 Å². The molecule has 1 fully saturated rings. The summed E-state index contributed by atoms with van der Waals surface area (Å²) in [6.07, 6.45) is 0.954. The maximum Gasteiger partial charge on any atom is 0.338 e. The molecule has 0 saturated carbocycles. The van der Waals surface area contributed by atoms with Gasteiger partial charge in [0.15, 0.2) is 0 Å². The van der Waals surface area contributed by atoms with Crippen molar-refractivity contribution in [2.24, 2.45) is 0 Å². The van der Waals surface area contributed by atoms with E-state index in [1.165, 1.54) is 12.1 Å². The summed E-state index contributed by atoms with van der Waals surface area (Å²) in [5, 5.41) is 11.9. The van der Waals surface area contributed by atoms with E-state index in [1.54, 1.807) is 6.07 Å². The fourth-order valence-corrected chi connectivity index (χ4v) is 1.80. The maximum absolute atomic E-state index is 13.4. The summed E-state index contributed by atoms with van der Waals surface area (Å²) in [6.45, 7) is 1.95. The summed E-state index contributed by atoms with van der Waals surface area (Å²) >= 11 is 0. The van der Waals surface area contributed by atoms with E-state index in [2.05, 4.69) is 5.32 Å². The van der Waals surface area contributed by atoms with Gasteiger partial charge in [-0.25, -0.2) is 9.18 Å². The van der Waals surface area contributed by atoms with Gasteiger partial charge >= 0.3 is 5.97 Å². The largest absolute Gasteiger partial charge is 0.478 e. The van der Waals surface area contributed by atoms with Crippen LogP contribution in [0.3, 0.4) is 0 Å². The standard InChI is InChI=1S/C12H14FNO3/c13-11-5-8(1-2-10(11)12(15)16)6-14-9-3-4-17-7-9/h1-2,5,9,14H,3-4,6-7H2,(H,15,16). The monoisotopic (exact) mass is 239 g/mol. The van der Waals surface area contributed by atoms with Crippen LogP contribution in [0.2, 0.25) is 0 Å². The average molecular weight is 239 g/mol. The molecule has 1 unspecified atom stereocenters. The van der Waals surface area contributed by atoms with Crippen molar-refractivity contribution in [2.75, 3.05) is 13.2 Å². The fraction of sp³-hybridized carbons (Fsp3) is 0.417. The topological polar surface area (TPSA) is 58.6 Å². The number of rotatable bonds is 4. The molecule has 0 radical (unpaired) electrons. The maximum atomic E-state index is 13.4. The second-order valence-corrected chi connectivity index (χ2v) is 4.06. The van der Waals surface area contributed by atoms with Crippen LogP contribution in [0.5, 0.6) is 0 Å². The highest BCUT2D eigenvalue weighted by molar-refractivity contribution is 5.87. The van der Waals surface area contributed by atoms with E-state index in [-0.39, 0.29) is 5.56 Å². The van der Waals surface area contributed by atoms with Crippen LogP contribution in [-0.4, -0.2) is 30.3 Å². The van der Waals surface area contributed by atoms with Crippen molar-refractivity contribution < 1.29 is 19.0 Å². The Kier molecular flexibility index (Phi) is 3.71. The molecule has 2 rings (SSSR count). The van der Waals surface area contributed by atoms with Crippen LogP contribution in [0.1, 0.15) is 22.3 Å². The molecule has 0 aliphatic carbocycles. The first kappa shape index (κ1) is 12.0. The Morgan fingerprint density at radius 2 is 2.41 bits per heavy atom. The zero-order valence-corrected chi connectivity index (χ0v) is 9.28. The molecular formula is C12H14FNO3. The predicted octanol–water partition coefficient (Wildman–Crippen LogP) is 1.40. The van der Waals surface area contributed by atoms with Gasteiger partial charge < -0.3 is 15.2 Å². The smallest absolute Gasteiger partial charge is 0.338 e. The minimum absolute atomic E-state index is 0.294. The highest BCUT2D eigenvalue weighted by atomic mass is 19.1. The summed E-state index contributed by atoms with van der Waals surface area (Å²) in [6, 6.07) is 4.47. The second-order valence-electron chi connectivity index (χ2n) is 4.06. The number of hydrogen-bond acceptors (Lipinski definition) is 3. The Morgan fingerprint density at radius 1 is 1.59 bits per heavy atom. The predicted molar refractivity (Wildman–Crippen MR) is 59.4 cm³/mol. The molecule has 1 aliphatic rings. The van der Waals surface area contributed by atoms with E-state index in [9.17, 15) is 9.18 Å². The number of halogens is 1. The summed E-state index contributed by atoms with van der Waals surface area (Å²) in [5.74, 6) is -1.94. The molecule has 1 atom stereocenters. The first-order chi connectivity index (χ1) is 8.16. The molecule has 0 aromatic heterocycles. The van der Waals surface area contributed by atoms with Gasteiger partial charge in [-0.05, 0) is 24.1 Å². The van der Waals surface area contributed by atoms with Crippen molar-refractivity contribution in [3.05, 3.63) is 35.1 Å². The number of aromatic carboxylic acids is 1. The average Bonchev–Trinajstić information content (AvgIpc) is 2.78. The Morgan fingerprint density at radius 3 is 3.00 bits per heavy atom. The van der Waals surface area contributed by atoms with Crippen LogP contribution in [0.4, 0.5) is 4.39 Å². The molecular weight excluding hydrogens is 225 g/mol. The fourth-order valence-electron chi connectivity index (χ4n) is 1.80. The van der Waals surface area contributed by atoms with Crippen molar-refractivity contribution in [2.45, 2.75) is 19.0 Å². The van der Waals surface area contributed by atoms with Crippen molar-refractivity contribution in [1.29, 1.82) is 0 Å². The number of nitrogens with one attached hydrogen (secondary N) is 1. The lowest BCUT2D eigenvalue weighted by molar-refractivity contribution is 0.0692. The zero-order chi connectivity index (χ0) is 12.3. The van der Waals surface area contributed by atoms with Gasteiger partial charge in [-0.1, -0.05) is 6.07 Å². The second kappa shape index (κ2) is 5.25. The molecule has 1 aromatic carbocycles. The zero-order valence-electron chi connectivity index (χ0n) is 9.28. The summed E-state index contributed by atoms with van der Waals surface area (Å²) < 4.78 is 18.6. The number of hydrogen-bond donors (Lipinski definition) is 2. The third-order valence-electron chi connectivity index (χ3n) is 2.79. The molecule has 1 saturated heterocycles. The number of benzene rings is 1. The SMILES string of the molecule is O=C(O)c1ccc(CNC2CCOC2)cc1F. The van der Waals surface area contributed by atoms with Gasteiger partial charge in [-0.2, -0.15) is 0 Å². The minimum atomic E-state index is -1.24. The van der Waals surface area contributed by atoms with Gasteiger partial charge in [-0.3, -0.25) is 0 Å². The summed E-state index contributed by atoms with van der Waals surface area (Å²) in [5.41, 5.74) is 0.442. The molecule has 5 heteroatoms. The van der Waals surface area contributed by atoms with E-state index >= 15 is 0 Å². The van der Waals surface area contributed by atoms with Crippen LogP contribution in [-0.2, 0) is 11.3 Å². The number of carboxylic acid groups (broad SMARTS) is 1. The van der Waals surface area contributed by atoms with E-state index in [0.717, 1.165) is 18.6 Å². The molecule has 0 amide bonds. The first-order valence-electron chi connectivity index (χ1n) is 5.49. The van der Waals surface area contributed by atoms with Gasteiger partial charge in [0.2, 0.25) is 0 Å². The van der Waals surface area contributed by atoms with Gasteiger partial charge in [0.05, 0.1) is 12.2 Å². The van der Waals surface area contributed by atoms with E-state index in [1.807, 2.05) is 0 Å². The van der Waals surface area contributed by atoms with Gasteiger partial charge in [-0.15, -0.1) is 0 Å². The molecule has 1 aliphatic heterocycles. The molecule has 1 heterocycles. The van der Waals surface area contributed by atoms with Crippen LogP contribution >= 0.6 is 0 Å². The van der Waals surface area contributed by atoms with Gasteiger partial charge in [0, 0.05) is 19.2 Å². The molecule has 1 aromatic rings. The lowest BCUT2D eigenvalue weighted by Gasteiger charge is -2.10. The Hall–Kier alpha value is -1.46. The Balaban J connectivity index is 1.97. The van der Waals surface area contributed by atoms with Crippen LogP contribution in [0.25, 0.3) is 0 Å². The van der Waals surface area contributed by atoms with Crippen molar-refractivity contribution in [3.8, 4) is 0 Å². The highest BCUT2D eigenvalue weighted by Gasteiger charge is 2.15. The summed E-state index contributed by atoms with van der Waals surface area (Å²) in [7, 11) is 0. The Labute approximate surface area is 98.4 Å². The molecule has 4 nitrogen and oxygen atoms in total. The quantitative estimate of drug-likeness (QED) is 0.834. The lowest BCUT2D eigenvalue weighted by atomic mass is 10.1. The van der Waals surface area contributed by atoms with Crippen LogP contribution in [0, 0.1) is 5.82 Å². The number of carboxylic acids is 1. The summed E-state index contributed by atoms with van der Waals surface area (Å²) in [4.78, 5) is 10.6. The third-order valence-corrected chi connectivity index (χ3v) is 2.79. The van der Waals surface area contributed by atoms with E-state index in [4.69, 9.17) is 9.84 Å². The van der Waals surface area contributed by atoms with Gasteiger partial charge in [0.25, 0.3) is 0 Å². The van der Waals surface area contributed by atoms with Crippen molar-refractivity contribution in [1.82, 2.24) is 5.32 Å². The number of carbonyl (C=O) groups is 1. The minimum Gasteiger partial charge on any atom is -0.478 e. The third kappa shape index (κ3) is 3.01. The van der Waals surface area contributed by atoms with Crippen LogP contribution in [0.15, 0.2) is 18.2 Å². The number of ether oxygens (including phenoxy) is 1. The van der Waals surface area contributed by atoms with E-state index in [0.29, 0.717) is 19.2 Å². The molecule has 2 N–H and O–H groups in total. The molecule has 92 valence electrons. The molecule has 0 spiro atoms. The molecule has 0 bridgehead atoms. The van der Waals surface area contributed by atoms with Crippen molar-refractivity contribution in [3.63, 3.8) is 0 Å². The normalized spacial score (nSPS) is 19.5. The van der Waals surface area contributed by atoms with Crippen LogP contribution < -0.4 is 5.32 Å². The lowest BCUT2D eigenvalue weighted by Crippen LogP contribution is -2.28. The molecule has 17 heavy (non-hydrogen) atoms. The van der Waals surface area contributed by atoms with Gasteiger partial charge in [0.1, 0.15) is 5.82 Å². The Bertz CT molecular complexity index is 416. The first-order valence-corrected chi connectivity index (χ1v) is 5.49.